The van der Waals surface area contributed by atoms with Gasteiger partial charge in [0.2, 0.25) is 0 Å². The number of anilines is 2. The summed E-state index contributed by atoms with van der Waals surface area (Å²) in [6.07, 6.45) is 1.55. The third-order valence-corrected chi connectivity index (χ3v) is 2.88. The first-order valence-electron chi connectivity index (χ1n) is 4.29. The van der Waals surface area contributed by atoms with Crippen LogP contribution in [0.4, 0.5) is 10.8 Å². The molecule has 0 atom stereocenters. The molecule has 16 heavy (non-hydrogen) atoms. The molecule has 0 bridgehead atoms. The van der Waals surface area contributed by atoms with Crippen LogP contribution in [0.5, 0.6) is 0 Å². The monoisotopic (exact) mass is 298 g/mol. The summed E-state index contributed by atoms with van der Waals surface area (Å²) in [4.78, 5) is 19.5. The zero-order valence-corrected chi connectivity index (χ0v) is 10.4. The van der Waals surface area contributed by atoms with Crippen molar-refractivity contribution in [1.82, 2.24) is 9.97 Å². The van der Waals surface area contributed by atoms with Crippen LogP contribution in [-0.4, -0.2) is 15.9 Å². The van der Waals surface area contributed by atoms with Crippen LogP contribution in [0.25, 0.3) is 0 Å². The van der Waals surface area contributed by atoms with Crippen LogP contribution in [0.15, 0.2) is 28.3 Å². The van der Waals surface area contributed by atoms with Gasteiger partial charge in [-0.2, -0.15) is 0 Å². The molecule has 0 saturated carbocycles. The molecule has 1 amide bonds. The second-order valence-electron chi connectivity index (χ2n) is 2.89. The van der Waals surface area contributed by atoms with E-state index in [4.69, 9.17) is 5.73 Å². The molecule has 0 fully saturated rings. The van der Waals surface area contributed by atoms with Gasteiger partial charge in [-0.05, 0) is 28.1 Å². The quantitative estimate of drug-likeness (QED) is 0.832. The molecule has 0 unspecified atom stereocenters. The number of carbonyl (C=O) groups excluding carboxylic acids is 1. The second kappa shape index (κ2) is 4.58. The summed E-state index contributed by atoms with van der Waals surface area (Å²) in [5, 5.41) is 4.65. The Hall–Kier alpha value is -1.47. The van der Waals surface area contributed by atoms with E-state index in [9.17, 15) is 4.79 Å². The first-order chi connectivity index (χ1) is 7.65. The van der Waals surface area contributed by atoms with Crippen molar-refractivity contribution >= 4 is 44.0 Å². The van der Waals surface area contributed by atoms with E-state index in [0.29, 0.717) is 21.1 Å². The predicted octanol–water partition coefficient (Wildman–Crippen LogP) is 2.14. The fourth-order valence-electron chi connectivity index (χ4n) is 1.04. The second-order valence-corrected chi connectivity index (χ2v) is 4.60. The van der Waals surface area contributed by atoms with Gasteiger partial charge < -0.3 is 11.1 Å². The normalized spacial score (nSPS) is 10.1. The number of rotatable bonds is 2. The Morgan fingerprint density at radius 2 is 2.31 bits per heavy atom. The van der Waals surface area contributed by atoms with Crippen molar-refractivity contribution in [1.29, 1.82) is 0 Å². The average Bonchev–Trinajstić information content (AvgIpc) is 2.68. The number of nitrogens with one attached hydrogen (secondary N) is 1. The minimum absolute atomic E-state index is 0.294. The standard InChI is InChI=1S/C9H7BrN4OS/c10-7-2-1-5(3-12-7)13-8(15)6-4-16-9(11)14-6/h1-4H,(H2,11,14)(H,13,15). The first kappa shape index (κ1) is 11.0. The van der Waals surface area contributed by atoms with Crippen molar-refractivity contribution in [2.45, 2.75) is 0 Å². The number of aromatic nitrogens is 2. The lowest BCUT2D eigenvalue weighted by Crippen LogP contribution is -2.12. The highest BCUT2D eigenvalue weighted by Crippen LogP contribution is 2.14. The van der Waals surface area contributed by atoms with Crippen LogP contribution in [0.3, 0.4) is 0 Å². The van der Waals surface area contributed by atoms with Crippen molar-refractivity contribution in [3.63, 3.8) is 0 Å². The van der Waals surface area contributed by atoms with Crippen molar-refractivity contribution < 1.29 is 4.79 Å². The summed E-state index contributed by atoms with van der Waals surface area (Å²) < 4.78 is 0.711. The molecule has 2 heterocycles. The number of hydrogen-bond acceptors (Lipinski definition) is 5. The number of halogens is 1. The van der Waals surface area contributed by atoms with E-state index in [1.54, 1.807) is 23.7 Å². The molecule has 0 aliphatic carbocycles. The maximum atomic E-state index is 11.7. The lowest BCUT2D eigenvalue weighted by Gasteiger charge is -2.01. The summed E-state index contributed by atoms with van der Waals surface area (Å²) in [5.41, 5.74) is 6.36. The van der Waals surface area contributed by atoms with Crippen LogP contribution in [0.1, 0.15) is 10.5 Å². The lowest BCUT2D eigenvalue weighted by atomic mass is 10.4. The summed E-state index contributed by atoms with van der Waals surface area (Å²) in [7, 11) is 0. The Kier molecular flexibility index (Phi) is 3.16. The molecule has 82 valence electrons. The maximum absolute atomic E-state index is 11.7. The van der Waals surface area contributed by atoms with Gasteiger partial charge in [0.05, 0.1) is 11.9 Å². The Morgan fingerprint density at radius 3 is 2.88 bits per heavy atom. The number of pyridine rings is 1. The van der Waals surface area contributed by atoms with Gasteiger partial charge in [0.25, 0.3) is 5.91 Å². The Balaban J connectivity index is 2.10. The number of nitrogens with two attached hydrogens (primary N) is 1. The maximum Gasteiger partial charge on any atom is 0.275 e. The SMILES string of the molecule is Nc1nc(C(=O)Nc2ccc(Br)nc2)cs1. The van der Waals surface area contributed by atoms with E-state index in [1.165, 1.54) is 11.3 Å². The van der Waals surface area contributed by atoms with E-state index in [0.717, 1.165) is 0 Å². The number of carbonyl (C=O) groups is 1. The number of hydrogen-bond donors (Lipinski definition) is 2. The van der Waals surface area contributed by atoms with Crippen LogP contribution in [0.2, 0.25) is 0 Å². The first-order valence-corrected chi connectivity index (χ1v) is 5.96. The Bertz CT molecular complexity index is 510. The third-order valence-electron chi connectivity index (χ3n) is 1.74. The van der Waals surface area contributed by atoms with Gasteiger partial charge in [-0.25, -0.2) is 9.97 Å². The zero-order chi connectivity index (χ0) is 11.5. The largest absolute Gasteiger partial charge is 0.375 e. The number of thiazole rings is 1. The fraction of sp³-hybridized carbons (Fsp3) is 0. The minimum Gasteiger partial charge on any atom is -0.375 e. The molecule has 5 nitrogen and oxygen atoms in total. The minimum atomic E-state index is -0.294. The molecule has 2 aromatic heterocycles. The van der Waals surface area contributed by atoms with Gasteiger partial charge in [0.15, 0.2) is 5.13 Å². The average molecular weight is 299 g/mol. The Morgan fingerprint density at radius 1 is 1.50 bits per heavy atom. The van der Waals surface area contributed by atoms with E-state index < -0.39 is 0 Å². The van der Waals surface area contributed by atoms with Crippen LogP contribution in [0, 0.1) is 0 Å². The van der Waals surface area contributed by atoms with Crippen LogP contribution in [-0.2, 0) is 0 Å². The van der Waals surface area contributed by atoms with E-state index in [-0.39, 0.29) is 5.91 Å². The van der Waals surface area contributed by atoms with Crippen molar-refractivity contribution in [3.8, 4) is 0 Å². The summed E-state index contributed by atoms with van der Waals surface area (Å²) in [6, 6.07) is 3.48. The molecular formula is C9H7BrN4OS. The number of nitrogens with zero attached hydrogens (tertiary/aromatic N) is 2. The lowest BCUT2D eigenvalue weighted by molar-refractivity contribution is 0.102. The summed E-state index contributed by atoms with van der Waals surface area (Å²) in [5.74, 6) is -0.294. The highest BCUT2D eigenvalue weighted by Gasteiger charge is 2.09. The van der Waals surface area contributed by atoms with Gasteiger partial charge >= 0.3 is 0 Å². The summed E-state index contributed by atoms with van der Waals surface area (Å²) >= 11 is 4.44. The van der Waals surface area contributed by atoms with Crippen LogP contribution < -0.4 is 11.1 Å². The van der Waals surface area contributed by atoms with E-state index in [2.05, 4.69) is 31.2 Å². The molecule has 0 aliphatic heterocycles. The smallest absolute Gasteiger partial charge is 0.275 e. The topological polar surface area (TPSA) is 80.9 Å². The van der Waals surface area contributed by atoms with Gasteiger partial charge in [-0.15, -0.1) is 11.3 Å². The molecule has 0 aromatic carbocycles. The van der Waals surface area contributed by atoms with Crippen molar-refractivity contribution in [2.75, 3.05) is 11.1 Å². The molecule has 3 N–H and O–H groups in total. The molecule has 2 rings (SSSR count). The molecule has 7 heteroatoms. The molecule has 2 aromatic rings. The van der Waals surface area contributed by atoms with Gasteiger partial charge in [0, 0.05) is 5.38 Å². The molecule has 0 radical (unpaired) electrons. The predicted molar refractivity (Wildman–Crippen MR) is 66.4 cm³/mol. The van der Waals surface area contributed by atoms with E-state index >= 15 is 0 Å². The van der Waals surface area contributed by atoms with E-state index in [1.807, 2.05) is 0 Å². The molecule has 0 saturated heterocycles. The van der Waals surface area contributed by atoms with Crippen molar-refractivity contribution in [2.24, 2.45) is 0 Å². The third kappa shape index (κ3) is 2.56. The fourth-order valence-corrected chi connectivity index (χ4v) is 1.81. The zero-order valence-electron chi connectivity index (χ0n) is 7.98. The Labute approximate surface area is 104 Å². The molecule has 0 aliphatic rings. The number of nitrogen functional groups attached to an aromatic ring is 1. The van der Waals surface area contributed by atoms with Gasteiger partial charge in [-0.3, -0.25) is 4.79 Å². The van der Waals surface area contributed by atoms with Crippen LogP contribution >= 0.6 is 27.3 Å². The summed E-state index contributed by atoms with van der Waals surface area (Å²) in [6.45, 7) is 0. The highest BCUT2D eigenvalue weighted by atomic mass is 79.9. The van der Waals surface area contributed by atoms with Gasteiger partial charge in [0.1, 0.15) is 10.3 Å². The highest BCUT2D eigenvalue weighted by molar-refractivity contribution is 9.10. The van der Waals surface area contributed by atoms with Crippen molar-refractivity contribution in [3.05, 3.63) is 34.0 Å². The molecule has 0 spiro atoms. The molecular weight excluding hydrogens is 292 g/mol. The number of amides is 1. The van der Waals surface area contributed by atoms with Gasteiger partial charge in [-0.1, -0.05) is 0 Å².